The Morgan fingerprint density at radius 1 is 0.364 bits per heavy atom. The van der Waals surface area contributed by atoms with E-state index in [0.29, 0.717) is 0 Å². The Balaban J connectivity index is 0. The summed E-state index contributed by atoms with van der Waals surface area (Å²) in [6.07, 6.45) is 0. The van der Waals surface area contributed by atoms with Crippen LogP contribution < -0.4 is 0 Å². The maximum absolute atomic E-state index is 0. The zero-order chi connectivity index (χ0) is 0. The van der Waals surface area contributed by atoms with Crippen molar-refractivity contribution >= 4 is 173 Å². The third-order valence-corrected chi connectivity index (χ3v) is 0. The maximum atomic E-state index is 0. The second-order valence-corrected chi connectivity index (χ2v) is 0. The molecule has 0 spiro atoms. The van der Waals surface area contributed by atoms with E-state index in [0.717, 1.165) is 0 Å². The van der Waals surface area contributed by atoms with E-state index in [-0.39, 0.29) is 224 Å². The van der Waals surface area contributed by atoms with Crippen molar-refractivity contribution in [2.45, 2.75) is 0 Å². The molecule has 0 aliphatic carbocycles. The molecule has 49 valence electrons. The second kappa shape index (κ2) is 87.1. The smallest absolute Gasteiger partial charge is 2.00 e. The topological polar surface area (TPSA) is 0 Å². The minimum absolute atomic E-state index is 0. The Hall–Kier alpha value is 7.19. The van der Waals surface area contributed by atoms with Crippen LogP contribution in [0.3, 0.4) is 0 Å². The summed E-state index contributed by atoms with van der Waals surface area (Å²) in [5.41, 5.74) is 0. The van der Waals surface area contributed by atoms with Crippen LogP contribution in [0.4, 0.5) is 0 Å². The summed E-state index contributed by atoms with van der Waals surface area (Å²) in [7, 11) is 0. The first-order chi connectivity index (χ1) is 0. The first-order valence-corrected chi connectivity index (χ1v) is 0. The first kappa shape index (κ1) is 104. The fourth-order valence-electron chi connectivity index (χ4n) is 0. The van der Waals surface area contributed by atoms with E-state index < -0.39 is 0 Å². The third-order valence-electron chi connectivity index (χ3n) is 0. The molecule has 0 saturated heterocycles. The summed E-state index contributed by atoms with van der Waals surface area (Å²) < 4.78 is 0. The predicted molar refractivity (Wildman–Crippen MR) is 46.0 cm³/mol. The normalized spacial score (nSPS) is 0. The second-order valence-electron chi connectivity index (χ2n) is 0. The van der Waals surface area contributed by atoms with Crippen molar-refractivity contribution in [3.05, 3.63) is 0 Å². The number of hydrogen-bond donors (Lipinski definition) is 0. The molecule has 11 heteroatoms. The van der Waals surface area contributed by atoms with E-state index in [1.165, 1.54) is 0 Å². The van der Waals surface area contributed by atoms with Crippen molar-refractivity contribution < 1.29 is 51.2 Å². The molecule has 0 nitrogen and oxygen atoms in total. The molecule has 0 unspecified atom stereocenters. The van der Waals surface area contributed by atoms with Crippen molar-refractivity contribution in [1.29, 1.82) is 0 Å². The van der Waals surface area contributed by atoms with E-state index in [2.05, 4.69) is 0 Å². The van der Waals surface area contributed by atoms with Crippen LogP contribution in [-0.2, 0) is 51.2 Å². The van der Waals surface area contributed by atoms with Gasteiger partial charge in [0.1, 0.15) is 0 Å². The van der Waals surface area contributed by atoms with Crippen LogP contribution in [0.25, 0.3) is 0 Å². The van der Waals surface area contributed by atoms with Gasteiger partial charge in [-0.05, 0) is 0 Å². The summed E-state index contributed by atoms with van der Waals surface area (Å²) in [5.74, 6) is 0. The molecule has 0 aliphatic rings. The van der Waals surface area contributed by atoms with Gasteiger partial charge in [-0.15, -0.1) is 0 Å². The summed E-state index contributed by atoms with van der Waals surface area (Å²) in [6, 6.07) is 0. The van der Waals surface area contributed by atoms with Gasteiger partial charge in [0.05, 0.1) is 0 Å². The van der Waals surface area contributed by atoms with Crippen molar-refractivity contribution in [3.8, 4) is 0 Å². The predicted octanol–water partition coefficient (Wildman–Crippen LogP) is -3.05. The monoisotopic (exact) mass is 866 g/mol. The minimum Gasteiger partial charge on any atom is -3.00 e. The van der Waals surface area contributed by atoms with E-state index in [1.54, 1.807) is 0 Å². The van der Waals surface area contributed by atoms with E-state index in [1.807, 2.05) is 0 Å². The molecule has 0 bridgehead atoms. The molecule has 0 heterocycles. The molecule has 0 rings (SSSR count). The zero-order valence-electron chi connectivity index (χ0n) is 5.49. The standard InChI is InChI=1S/2As.3Ga.3In.3Mn/q2*-3;;;;;;;3*+2. The van der Waals surface area contributed by atoms with Gasteiger partial charge < -0.3 is 35.9 Å². The quantitative estimate of drug-likeness (QED) is 0.228. The molecule has 0 aromatic heterocycles. The summed E-state index contributed by atoms with van der Waals surface area (Å²) in [4.78, 5) is 0. The average molecular weight is 868 g/mol. The molecular weight excluding hydrogens is 868 g/mol. The van der Waals surface area contributed by atoms with Gasteiger partial charge in [0.25, 0.3) is 0 Å². The van der Waals surface area contributed by atoms with E-state index in [9.17, 15) is 0 Å². The van der Waals surface area contributed by atoms with Crippen LogP contribution in [-0.4, -0.2) is 173 Å². The van der Waals surface area contributed by atoms with Crippen LogP contribution in [0.1, 0.15) is 0 Å². The van der Waals surface area contributed by atoms with Crippen LogP contribution >= 0.6 is 0 Å². The Labute approximate surface area is 218 Å². The van der Waals surface area contributed by atoms with Crippen molar-refractivity contribution in [1.82, 2.24) is 0 Å². The molecule has 0 aromatic carbocycles. The summed E-state index contributed by atoms with van der Waals surface area (Å²) >= 11 is 0. The number of rotatable bonds is 0. The van der Waals surface area contributed by atoms with Crippen molar-refractivity contribution in [3.63, 3.8) is 0 Å². The summed E-state index contributed by atoms with van der Waals surface area (Å²) in [5, 5.41) is 0. The SMILES string of the molecule is [As-3].[As-3].[Ga].[Ga].[Ga].[In].[In].[In].[Mn+2].[Mn+2].[Mn+2]. The Bertz CT molecular complexity index is 21.8. The Kier molecular flexibility index (Phi) is 823. The Morgan fingerprint density at radius 3 is 0.364 bits per heavy atom. The molecule has 0 atom stereocenters. The van der Waals surface area contributed by atoms with Gasteiger partial charge in [0.2, 0.25) is 0 Å². The minimum atomic E-state index is 0. The molecule has 0 aromatic rings. The molecule has 0 fully saturated rings. The van der Waals surface area contributed by atoms with Crippen molar-refractivity contribution in [2.24, 2.45) is 0 Å². The van der Waals surface area contributed by atoms with Crippen LogP contribution in [0, 0.1) is 0 Å². The maximum Gasteiger partial charge on any atom is 2.00 e. The van der Waals surface area contributed by atoms with Crippen LogP contribution in [0.5, 0.6) is 0 Å². The molecule has 21 radical (unpaired) electrons. The number of hydrogen-bond acceptors (Lipinski definition) is 0. The van der Waals surface area contributed by atoms with Crippen LogP contribution in [0.15, 0.2) is 0 Å². The average Bonchev–Trinajstić information content (AvgIpc) is 0. The van der Waals surface area contributed by atoms with E-state index >= 15 is 0 Å². The van der Waals surface area contributed by atoms with Crippen LogP contribution in [0.2, 0.25) is 0 Å². The van der Waals surface area contributed by atoms with Gasteiger partial charge in [0.15, 0.2) is 0 Å². The fourth-order valence-corrected chi connectivity index (χ4v) is 0. The fraction of sp³-hybridized carbons (Fsp3) is 0. The van der Waals surface area contributed by atoms with Gasteiger partial charge in [0, 0.05) is 137 Å². The molecular formula is As2Ga3In3Mn3. The van der Waals surface area contributed by atoms with Gasteiger partial charge in [-0.3, -0.25) is 0 Å². The molecule has 0 saturated carbocycles. The summed E-state index contributed by atoms with van der Waals surface area (Å²) in [6.45, 7) is 0. The third kappa shape index (κ3) is 76.7. The largest absolute Gasteiger partial charge is 3.00 e. The van der Waals surface area contributed by atoms with E-state index in [4.69, 9.17) is 0 Å². The molecule has 0 aliphatic heterocycles. The molecule has 11 heavy (non-hydrogen) atoms. The molecule has 0 amide bonds. The first-order valence-electron chi connectivity index (χ1n) is 0. The zero-order valence-corrected chi connectivity index (χ0v) is 29.9. The Morgan fingerprint density at radius 2 is 0.364 bits per heavy atom. The van der Waals surface area contributed by atoms with Gasteiger partial charge in [-0.2, -0.15) is 0 Å². The van der Waals surface area contributed by atoms with Gasteiger partial charge >= 0.3 is 51.2 Å². The van der Waals surface area contributed by atoms with Crippen molar-refractivity contribution in [2.75, 3.05) is 0 Å². The van der Waals surface area contributed by atoms with Gasteiger partial charge in [-0.1, -0.05) is 0 Å². The molecule has 0 N–H and O–H groups in total. The van der Waals surface area contributed by atoms with Gasteiger partial charge in [-0.25, -0.2) is 0 Å².